The van der Waals surface area contributed by atoms with Crippen LogP contribution in [0.1, 0.15) is 38.7 Å². The summed E-state index contributed by atoms with van der Waals surface area (Å²) in [5, 5.41) is 6.44. The second kappa shape index (κ2) is 9.64. The molecule has 1 heterocycles. The Labute approximate surface area is 163 Å². The molecule has 1 fully saturated rings. The molecule has 1 amide bonds. The molecule has 1 aromatic rings. The molecular formula is C19H27ClF3N3O. The first-order valence-corrected chi connectivity index (χ1v) is 9.64. The van der Waals surface area contributed by atoms with Gasteiger partial charge in [-0.05, 0) is 56.8 Å². The zero-order valence-electron chi connectivity index (χ0n) is 15.7. The van der Waals surface area contributed by atoms with E-state index in [-0.39, 0.29) is 17.1 Å². The summed E-state index contributed by atoms with van der Waals surface area (Å²) in [6.45, 7) is 6.48. The molecule has 0 bridgehead atoms. The van der Waals surface area contributed by atoms with Gasteiger partial charge in [-0.15, -0.1) is 0 Å². The Morgan fingerprint density at radius 3 is 2.78 bits per heavy atom. The number of piperidine rings is 1. The SMILES string of the molecule is CC(CCCN(C=O)C1CNCCC1C)Nc1cc(Cl)cc(C(F)(F)F)c1. The lowest BCUT2D eigenvalue weighted by atomic mass is 9.93. The second-order valence-electron chi connectivity index (χ2n) is 7.29. The van der Waals surface area contributed by atoms with Crippen LogP contribution < -0.4 is 10.6 Å². The first-order valence-electron chi connectivity index (χ1n) is 9.26. The van der Waals surface area contributed by atoms with Gasteiger partial charge in [-0.25, -0.2) is 0 Å². The van der Waals surface area contributed by atoms with Crippen molar-refractivity contribution in [2.75, 3.05) is 25.0 Å². The molecule has 152 valence electrons. The van der Waals surface area contributed by atoms with E-state index in [0.717, 1.165) is 50.9 Å². The van der Waals surface area contributed by atoms with Gasteiger partial charge in [-0.2, -0.15) is 13.2 Å². The summed E-state index contributed by atoms with van der Waals surface area (Å²) in [6, 6.07) is 3.62. The highest BCUT2D eigenvalue weighted by atomic mass is 35.5. The summed E-state index contributed by atoms with van der Waals surface area (Å²) in [7, 11) is 0. The van der Waals surface area contributed by atoms with Crippen LogP contribution in [-0.2, 0) is 11.0 Å². The molecular weight excluding hydrogens is 379 g/mol. The number of anilines is 1. The van der Waals surface area contributed by atoms with E-state index in [1.165, 1.54) is 6.07 Å². The van der Waals surface area contributed by atoms with Crippen molar-refractivity contribution in [1.82, 2.24) is 10.2 Å². The maximum atomic E-state index is 12.9. The Kier molecular flexibility index (Phi) is 7.79. The molecule has 3 unspecified atom stereocenters. The molecule has 27 heavy (non-hydrogen) atoms. The molecule has 0 aliphatic carbocycles. The van der Waals surface area contributed by atoms with Crippen molar-refractivity contribution in [2.45, 2.75) is 51.4 Å². The third-order valence-corrected chi connectivity index (χ3v) is 5.26. The predicted octanol–water partition coefficient (Wildman–Crippen LogP) is 4.40. The van der Waals surface area contributed by atoms with Gasteiger partial charge in [0.15, 0.2) is 0 Å². The summed E-state index contributed by atoms with van der Waals surface area (Å²) in [4.78, 5) is 13.3. The van der Waals surface area contributed by atoms with E-state index in [4.69, 9.17) is 11.6 Å². The molecule has 1 saturated heterocycles. The minimum Gasteiger partial charge on any atom is -0.383 e. The third kappa shape index (κ3) is 6.57. The van der Waals surface area contributed by atoms with Crippen molar-refractivity contribution in [1.29, 1.82) is 0 Å². The average molecular weight is 406 g/mol. The lowest BCUT2D eigenvalue weighted by molar-refractivity contribution is -0.137. The zero-order valence-corrected chi connectivity index (χ0v) is 16.4. The van der Waals surface area contributed by atoms with Gasteiger partial charge < -0.3 is 15.5 Å². The van der Waals surface area contributed by atoms with Crippen LogP contribution >= 0.6 is 11.6 Å². The first kappa shape index (κ1) is 21.8. The van der Waals surface area contributed by atoms with Crippen molar-refractivity contribution >= 4 is 23.7 Å². The van der Waals surface area contributed by atoms with E-state index in [0.29, 0.717) is 18.2 Å². The number of rotatable bonds is 8. The van der Waals surface area contributed by atoms with E-state index >= 15 is 0 Å². The highest BCUT2D eigenvalue weighted by molar-refractivity contribution is 6.30. The van der Waals surface area contributed by atoms with Crippen LogP contribution in [0.15, 0.2) is 18.2 Å². The van der Waals surface area contributed by atoms with Gasteiger partial charge >= 0.3 is 6.18 Å². The van der Waals surface area contributed by atoms with Crippen LogP contribution in [0.4, 0.5) is 18.9 Å². The van der Waals surface area contributed by atoms with E-state index in [2.05, 4.69) is 17.6 Å². The Hall–Kier alpha value is -1.47. The third-order valence-electron chi connectivity index (χ3n) is 5.04. The number of benzene rings is 1. The lowest BCUT2D eigenvalue weighted by Crippen LogP contribution is -2.50. The van der Waals surface area contributed by atoms with Crippen molar-refractivity contribution < 1.29 is 18.0 Å². The monoisotopic (exact) mass is 405 g/mol. The minimum atomic E-state index is -4.43. The normalized spacial score (nSPS) is 21.6. The topological polar surface area (TPSA) is 44.4 Å². The van der Waals surface area contributed by atoms with E-state index in [9.17, 15) is 18.0 Å². The van der Waals surface area contributed by atoms with Gasteiger partial charge in [0, 0.05) is 35.9 Å². The minimum absolute atomic E-state index is 0.0417. The van der Waals surface area contributed by atoms with Crippen LogP contribution in [-0.4, -0.2) is 43.0 Å². The number of alkyl halides is 3. The smallest absolute Gasteiger partial charge is 0.383 e. The molecule has 4 nitrogen and oxygen atoms in total. The average Bonchev–Trinajstić information content (AvgIpc) is 2.58. The Morgan fingerprint density at radius 1 is 1.41 bits per heavy atom. The molecule has 8 heteroatoms. The quantitative estimate of drug-likeness (QED) is 0.630. The van der Waals surface area contributed by atoms with Crippen LogP contribution in [0.2, 0.25) is 5.02 Å². The number of nitrogens with one attached hydrogen (secondary N) is 2. The fourth-order valence-corrected chi connectivity index (χ4v) is 3.72. The number of carbonyl (C=O) groups is 1. The zero-order chi connectivity index (χ0) is 20.0. The first-order chi connectivity index (χ1) is 12.7. The van der Waals surface area contributed by atoms with E-state index in [1.54, 1.807) is 0 Å². The number of hydrogen-bond acceptors (Lipinski definition) is 3. The molecule has 0 aromatic heterocycles. The van der Waals surface area contributed by atoms with Crippen LogP contribution in [0.25, 0.3) is 0 Å². The molecule has 1 aliphatic rings. The summed E-state index contributed by atoms with van der Waals surface area (Å²) < 4.78 is 38.7. The molecule has 0 saturated carbocycles. The highest BCUT2D eigenvalue weighted by Gasteiger charge is 2.31. The summed E-state index contributed by atoms with van der Waals surface area (Å²) in [6.07, 6.45) is -0.989. The van der Waals surface area contributed by atoms with Gasteiger partial charge in [0.25, 0.3) is 0 Å². The Balaban J connectivity index is 1.86. The van der Waals surface area contributed by atoms with Crippen molar-refractivity contribution in [2.24, 2.45) is 5.92 Å². The van der Waals surface area contributed by atoms with Crippen LogP contribution in [0.3, 0.4) is 0 Å². The standard InChI is InChI=1S/C19H27ClF3N3O/c1-13-5-6-24-11-18(13)26(12-27)7-3-4-14(2)25-17-9-15(19(21,22)23)8-16(20)10-17/h8-10,12-14,18,24-25H,3-7,11H2,1-2H3. The number of carbonyl (C=O) groups excluding carboxylic acids is 1. The predicted molar refractivity (Wildman–Crippen MR) is 102 cm³/mol. The fourth-order valence-electron chi connectivity index (χ4n) is 3.49. The number of hydrogen-bond donors (Lipinski definition) is 2. The second-order valence-corrected chi connectivity index (χ2v) is 7.73. The fraction of sp³-hybridized carbons (Fsp3) is 0.632. The van der Waals surface area contributed by atoms with Gasteiger partial charge in [-0.1, -0.05) is 18.5 Å². The maximum Gasteiger partial charge on any atom is 0.416 e. The molecule has 0 radical (unpaired) electrons. The highest BCUT2D eigenvalue weighted by Crippen LogP contribution is 2.33. The van der Waals surface area contributed by atoms with Gasteiger partial charge in [0.2, 0.25) is 6.41 Å². The molecule has 1 aromatic carbocycles. The Morgan fingerprint density at radius 2 is 2.15 bits per heavy atom. The Bertz CT molecular complexity index is 627. The van der Waals surface area contributed by atoms with Gasteiger partial charge in [-0.3, -0.25) is 4.79 Å². The van der Waals surface area contributed by atoms with Crippen molar-refractivity contribution in [3.05, 3.63) is 28.8 Å². The summed E-state index contributed by atoms with van der Waals surface area (Å²) in [5.74, 6) is 0.458. The van der Waals surface area contributed by atoms with Crippen molar-refractivity contribution in [3.63, 3.8) is 0 Å². The molecule has 1 aliphatic heterocycles. The van der Waals surface area contributed by atoms with E-state index in [1.807, 2.05) is 11.8 Å². The van der Waals surface area contributed by atoms with Gasteiger partial charge in [0.1, 0.15) is 0 Å². The number of nitrogens with zero attached hydrogens (tertiary/aromatic N) is 1. The summed E-state index contributed by atoms with van der Waals surface area (Å²) in [5.41, 5.74) is -0.421. The lowest BCUT2D eigenvalue weighted by Gasteiger charge is -2.37. The number of amides is 1. The number of halogens is 4. The molecule has 3 atom stereocenters. The molecule has 2 rings (SSSR count). The molecule has 2 N–H and O–H groups in total. The van der Waals surface area contributed by atoms with E-state index < -0.39 is 11.7 Å². The maximum absolute atomic E-state index is 12.9. The van der Waals surface area contributed by atoms with Gasteiger partial charge in [0.05, 0.1) is 5.56 Å². The largest absolute Gasteiger partial charge is 0.416 e. The summed E-state index contributed by atoms with van der Waals surface area (Å²) >= 11 is 5.81. The van der Waals surface area contributed by atoms with Crippen LogP contribution in [0.5, 0.6) is 0 Å². The molecule has 0 spiro atoms. The van der Waals surface area contributed by atoms with Crippen LogP contribution in [0, 0.1) is 5.92 Å². The van der Waals surface area contributed by atoms with Crippen molar-refractivity contribution in [3.8, 4) is 0 Å².